The number of fused-ring (bicyclic) bond motifs is 1. The fourth-order valence-corrected chi connectivity index (χ4v) is 4.15. The van der Waals surface area contributed by atoms with Crippen molar-refractivity contribution in [1.82, 2.24) is 19.3 Å². The van der Waals surface area contributed by atoms with Crippen molar-refractivity contribution in [2.45, 2.75) is 25.5 Å². The Morgan fingerprint density at radius 2 is 1.97 bits per heavy atom. The lowest BCUT2D eigenvalue weighted by Crippen LogP contribution is -2.35. The minimum Gasteiger partial charge on any atom is -0.464 e. The molecule has 33 heavy (non-hydrogen) atoms. The van der Waals surface area contributed by atoms with Gasteiger partial charge in [0.15, 0.2) is 6.10 Å². The van der Waals surface area contributed by atoms with Crippen molar-refractivity contribution in [3.05, 3.63) is 81.0 Å². The molecular weight excluding hydrogens is 465 g/mol. The zero-order chi connectivity index (χ0) is 23.1. The summed E-state index contributed by atoms with van der Waals surface area (Å²) in [5.41, 5.74) is 7.11. The van der Waals surface area contributed by atoms with Gasteiger partial charge in [0, 0.05) is 23.2 Å². The molecule has 4 aromatic rings. The minimum absolute atomic E-state index is 0.0893. The molecule has 3 aromatic heterocycles. The molecule has 1 atom stereocenters. The Bertz CT molecular complexity index is 1430. The Morgan fingerprint density at radius 1 is 1.18 bits per heavy atom. The number of carbonyl (C=O) groups excluding carboxylic acids is 1. The molecule has 0 radical (unpaired) electrons. The zero-order valence-electron chi connectivity index (χ0n) is 17.3. The molecule has 0 aliphatic heterocycles. The lowest BCUT2D eigenvalue weighted by atomic mass is 10.2. The summed E-state index contributed by atoms with van der Waals surface area (Å²) in [7, 11) is 0. The second-order valence-corrected chi connectivity index (χ2v) is 8.75. The standard InChI is InChI=1S/C23H19Cl2N5O3/c24-16-4-2-1-3-14(16)12-30-18-7-8-29(23(32)15(18)10-28-30)19-9-20(27-11-17(19)25)33-21(22(26)31)13-5-6-13/h1-4,7-11,13,21H,5-6,12H2,(H2,26,31)/t21-/m1/s1. The van der Waals surface area contributed by atoms with Crippen molar-refractivity contribution in [3.63, 3.8) is 0 Å². The van der Waals surface area contributed by atoms with E-state index in [1.54, 1.807) is 16.9 Å². The van der Waals surface area contributed by atoms with Gasteiger partial charge >= 0.3 is 0 Å². The predicted molar refractivity (Wildman–Crippen MR) is 125 cm³/mol. The Kier molecular flexibility index (Phi) is 5.55. The van der Waals surface area contributed by atoms with Crippen LogP contribution in [0.3, 0.4) is 0 Å². The molecule has 10 heteroatoms. The monoisotopic (exact) mass is 483 g/mol. The van der Waals surface area contributed by atoms with E-state index in [1.165, 1.54) is 23.0 Å². The van der Waals surface area contributed by atoms with Crippen LogP contribution < -0.4 is 16.0 Å². The SMILES string of the molecule is NC(=O)[C@H](Oc1cc(-n2ccc3c(cnn3Cc3ccccc3Cl)c2=O)c(Cl)cn1)C1CC1. The van der Waals surface area contributed by atoms with Gasteiger partial charge in [0.2, 0.25) is 5.88 Å². The van der Waals surface area contributed by atoms with Gasteiger partial charge in [-0.25, -0.2) is 4.98 Å². The first kappa shape index (κ1) is 21.5. The number of hydrogen-bond acceptors (Lipinski definition) is 5. The van der Waals surface area contributed by atoms with E-state index in [9.17, 15) is 9.59 Å². The zero-order valence-corrected chi connectivity index (χ0v) is 18.8. The van der Waals surface area contributed by atoms with Crippen molar-refractivity contribution in [2.75, 3.05) is 0 Å². The average molecular weight is 484 g/mol. The van der Waals surface area contributed by atoms with E-state index in [4.69, 9.17) is 33.7 Å². The molecule has 1 aliphatic rings. The maximum atomic E-state index is 13.3. The highest BCUT2D eigenvalue weighted by Gasteiger charge is 2.37. The molecule has 3 heterocycles. The molecule has 0 saturated heterocycles. The van der Waals surface area contributed by atoms with E-state index in [1.807, 2.05) is 24.3 Å². The van der Waals surface area contributed by atoms with Crippen LogP contribution in [0.15, 0.2) is 59.8 Å². The number of benzene rings is 1. The number of pyridine rings is 2. The third-order valence-electron chi connectivity index (χ3n) is 5.64. The normalized spacial score (nSPS) is 14.4. The largest absolute Gasteiger partial charge is 0.464 e. The molecule has 1 saturated carbocycles. The Hall–Kier alpha value is -3.36. The molecule has 1 aliphatic carbocycles. The molecule has 5 rings (SSSR count). The topological polar surface area (TPSA) is 105 Å². The summed E-state index contributed by atoms with van der Waals surface area (Å²) < 4.78 is 8.86. The lowest BCUT2D eigenvalue weighted by Gasteiger charge is -2.16. The smallest absolute Gasteiger partial charge is 0.266 e. The molecule has 0 unspecified atom stereocenters. The van der Waals surface area contributed by atoms with Gasteiger partial charge in [0.25, 0.3) is 11.5 Å². The van der Waals surface area contributed by atoms with Crippen LogP contribution in [0.1, 0.15) is 18.4 Å². The van der Waals surface area contributed by atoms with Gasteiger partial charge in [0.05, 0.1) is 40.6 Å². The van der Waals surface area contributed by atoms with Crippen molar-refractivity contribution in [2.24, 2.45) is 11.7 Å². The van der Waals surface area contributed by atoms with Crippen molar-refractivity contribution >= 4 is 40.0 Å². The Morgan fingerprint density at radius 3 is 2.70 bits per heavy atom. The quantitative estimate of drug-likeness (QED) is 0.432. The number of hydrogen-bond donors (Lipinski definition) is 1. The Labute approximate surface area is 198 Å². The third kappa shape index (κ3) is 4.19. The fraction of sp³-hybridized carbons (Fsp3) is 0.217. The van der Waals surface area contributed by atoms with Crippen LogP contribution >= 0.6 is 23.2 Å². The van der Waals surface area contributed by atoms with E-state index < -0.39 is 12.0 Å². The average Bonchev–Trinajstić information content (AvgIpc) is 3.55. The first-order chi connectivity index (χ1) is 15.9. The summed E-state index contributed by atoms with van der Waals surface area (Å²) in [4.78, 5) is 29.1. The number of aromatic nitrogens is 4. The first-order valence-corrected chi connectivity index (χ1v) is 11.1. The Balaban J connectivity index is 1.50. The number of ether oxygens (including phenoxy) is 1. The highest BCUT2D eigenvalue weighted by molar-refractivity contribution is 6.32. The van der Waals surface area contributed by atoms with Crippen LogP contribution in [-0.4, -0.2) is 31.3 Å². The second kappa shape index (κ2) is 8.53. The number of amides is 1. The molecule has 168 valence electrons. The van der Waals surface area contributed by atoms with E-state index in [2.05, 4.69) is 10.1 Å². The molecular formula is C23H19Cl2N5O3. The summed E-state index contributed by atoms with van der Waals surface area (Å²) in [5.74, 6) is -0.279. The molecule has 0 bridgehead atoms. The minimum atomic E-state index is -0.756. The van der Waals surface area contributed by atoms with E-state index in [0.717, 1.165) is 18.4 Å². The number of rotatable bonds is 7. The summed E-state index contributed by atoms with van der Waals surface area (Å²) >= 11 is 12.6. The third-order valence-corrected chi connectivity index (χ3v) is 6.30. The van der Waals surface area contributed by atoms with Crippen molar-refractivity contribution in [3.8, 4) is 11.6 Å². The van der Waals surface area contributed by atoms with Crippen LogP contribution in [0.5, 0.6) is 5.88 Å². The van der Waals surface area contributed by atoms with Gasteiger partial charge in [0.1, 0.15) is 0 Å². The van der Waals surface area contributed by atoms with Crippen LogP contribution in [0, 0.1) is 5.92 Å². The molecule has 2 N–H and O–H groups in total. The van der Waals surface area contributed by atoms with E-state index >= 15 is 0 Å². The summed E-state index contributed by atoms with van der Waals surface area (Å²) in [6.07, 6.45) is 5.52. The highest BCUT2D eigenvalue weighted by atomic mass is 35.5. The number of carbonyl (C=O) groups is 1. The summed E-state index contributed by atoms with van der Waals surface area (Å²) in [5, 5.41) is 5.69. The van der Waals surface area contributed by atoms with Gasteiger partial charge in [-0.2, -0.15) is 5.10 Å². The maximum absolute atomic E-state index is 13.3. The molecule has 1 fully saturated rings. The van der Waals surface area contributed by atoms with Gasteiger partial charge < -0.3 is 10.5 Å². The number of nitrogens with two attached hydrogens (primary N) is 1. The molecule has 1 aromatic carbocycles. The summed E-state index contributed by atoms with van der Waals surface area (Å²) in [6.45, 7) is 0.427. The van der Waals surface area contributed by atoms with Crippen molar-refractivity contribution < 1.29 is 9.53 Å². The van der Waals surface area contributed by atoms with Crippen LogP contribution in [-0.2, 0) is 11.3 Å². The highest BCUT2D eigenvalue weighted by Crippen LogP contribution is 2.35. The molecule has 0 spiro atoms. The van der Waals surface area contributed by atoms with Crippen LogP contribution in [0.2, 0.25) is 10.0 Å². The number of halogens is 2. The van der Waals surface area contributed by atoms with Gasteiger partial charge in [-0.1, -0.05) is 41.4 Å². The summed E-state index contributed by atoms with van der Waals surface area (Å²) in [6, 6.07) is 10.8. The van der Waals surface area contributed by atoms with Gasteiger partial charge in [-0.05, 0) is 30.5 Å². The van der Waals surface area contributed by atoms with E-state index in [0.29, 0.717) is 28.2 Å². The van der Waals surface area contributed by atoms with Crippen LogP contribution in [0.4, 0.5) is 0 Å². The molecule has 8 nitrogen and oxygen atoms in total. The maximum Gasteiger partial charge on any atom is 0.266 e. The van der Waals surface area contributed by atoms with Gasteiger partial charge in [-0.15, -0.1) is 0 Å². The predicted octanol–water partition coefficient (Wildman–Crippen LogP) is 3.58. The second-order valence-electron chi connectivity index (χ2n) is 7.94. The lowest BCUT2D eigenvalue weighted by molar-refractivity contribution is -0.125. The fourth-order valence-electron chi connectivity index (χ4n) is 3.76. The van der Waals surface area contributed by atoms with Crippen molar-refractivity contribution in [1.29, 1.82) is 0 Å². The first-order valence-electron chi connectivity index (χ1n) is 10.3. The number of nitrogens with zero attached hydrogens (tertiary/aromatic N) is 4. The number of primary amides is 1. The van der Waals surface area contributed by atoms with Gasteiger partial charge in [-0.3, -0.25) is 18.8 Å². The van der Waals surface area contributed by atoms with Crippen LogP contribution in [0.25, 0.3) is 16.6 Å². The van der Waals surface area contributed by atoms with E-state index in [-0.39, 0.29) is 22.4 Å². The molecule has 1 amide bonds.